The molecular formula is C13H18O2. The second-order valence-electron chi connectivity index (χ2n) is 3.98. The van der Waals surface area contributed by atoms with E-state index in [0.717, 1.165) is 12.0 Å². The van der Waals surface area contributed by atoms with E-state index < -0.39 is 0 Å². The van der Waals surface area contributed by atoms with Crippen molar-refractivity contribution in [2.45, 2.75) is 27.2 Å². The van der Waals surface area contributed by atoms with Crippen molar-refractivity contribution >= 4 is 5.97 Å². The zero-order chi connectivity index (χ0) is 11.3. The molecule has 0 unspecified atom stereocenters. The first-order chi connectivity index (χ1) is 7.13. The summed E-state index contributed by atoms with van der Waals surface area (Å²) in [5, 5.41) is 0. The van der Waals surface area contributed by atoms with E-state index in [4.69, 9.17) is 4.74 Å². The predicted octanol–water partition coefficient (Wildman–Crippen LogP) is 3.20. The molecule has 0 fully saturated rings. The third-order valence-corrected chi connectivity index (χ3v) is 2.48. The third kappa shape index (κ3) is 3.74. The second kappa shape index (κ2) is 5.54. The standard InChI is InChI=1S/C13H18O2/c1-4-10(2)9-15-13(14)12-7-5-11(3)6-8-12/h5-8,10H,4,9H2,1-3H3/t10-/m1/s1. The fourth-order valence-electron chi connectivity index (χ4n) is 1.11. The Morgan fingerprint density at radius 2 is 1.93 bits per heavy atom. The molecular weight excluding hydrogens is 188 g/mol. The van der Waals surface area contributed by atoms with Gasteiger partial charge in [-0.15, -0.1) is 0 Å². The second-order valence-corrected chi connectivity index (χ2v) is 3.98. The third-order valence-electron chi connectivity index (χ3n) is 2.48. The minimum absolute atomic E-state index is 0.227. The Hall–Kier alpha value is -1.31. The van der Waals surface area contributed by atoms with Crippen molar-refractivity contribution in [3.63, 3.8) is 0 Å². The fraction of sp³-hybridized carbons (Fsp3) is 0.462. The van der Waals surface area contributed by atoms with E-state index in [2.05, 4.69) is 13.8 Å². The number of hydrogen-bond acceptors (Lipinski definition) is 2. The molecule has 0 bridgehead atoms. The Labute approximate surface area is 91.3 Å². The number of esters is 1. The van der Waals surface area contributed by atoms with Crippen LogP contribution in [0.4, 0.5) is 0 Å². The zero-order valence-electron chi connectivity index (χ0n) is 9.62. The summed E-state index contributed by atoms with van der Waals surface area (Å²) in [7, 11) is 0. The van der Waals surface area contributed by atoms with Crippen LogP contribution in [0.15, 0.2) is 24.3 Å². The fourth-order valence-corrected chi connectivity index (χ4v) is 1.11. The smallest absolute Gasteiger partial charge is 0.338 e. The lowest BCUT2D eigenvalue weighted by Crippen LogP contribution is -2.11. The molecule has 1 aromatic carbocycles. The topological polar surface area (TPSA) is 26.3 Å². The SMILES string of the molecule is CC[C@@H](C)COC(=O)c1ccc(C)cc1. The summed E-state index contributed by atoms with van der Waals surface area (Å²) >= 11 is 0. The first-order valence-electron chi connectivity index (χ1n) is 5.37. The Kier molecular flexibility index (Phi) is 4.35. The molecule has 0 N–H and O–H groups in total. The quantitative estimate of drug-likeness (QED) is 0.707. The van der Waals surface area contributed by atoms with Crippen LogP contribution < -0.4 is 0 Å². The van der Waals surface area contributed by atoms with Crippen LogP contribution in [0.3, 0.4) is 0 Å². The maximum absolute atomic E-state index is 11.6. The van der Waals surface area contributed by atoms with Crippen LogP contribution in [0.5, 0.6) is 0 Å². The zero-order valence-corrected chi connectivity index (χ0v) is 9.62. The van der Waals surface area contributed by atoms with Gasteiger partial charge in [0, 0.05) is 0 Å². The molecule has 0 amide bonds. The summed E-state index contributed by atoms with van der Waals surface area (Å²) in [6.07, 6.45) is 1.03. The predicted molar refractivity (Wildman–Crippen MR) is 60.9 cm³/mol. The minimum Gasteiger partial charge on any atom is -0.462 e. The van der Waals surface area contributed by atoms with Gasteiger partial charge in [0.1, 0.15) is 0 Å². The van der Waals surface area contributed by atoms with Crippen molar-refractivity contribution in [3.05, 3.63) is 35.4 Å². The lowest BCUT2D eigenvalue weighted by molar-refractivity contribution is 0.0447. The van der Waals surface area contributed by atoms with Crippen molar-refractivity contribution < 1.29 is 9.53 Å². The molecule has 0 spiro atoms. The molecule has 2 heteroatoms. The Morgan fingerprint density at radius 1 is 1.33 bits per heavy atom. The lowest BCUT2D eigenvalue weighted by Gasteiger charge is -2.09. The molecule has 1 atom stereocenters. The van der Waals surface area contributed by atoms with Crippen molar-refractivity contribution in [1.29, 1.82) is 0 Å². The van der Waals surface area contributed by atoms with Gasteiger partial charge in [0.15, 0.2) is 0 Å². The average molecular weight is 206 g/mol. The van der Waals surface area contributed by atoms with Gasteiger partial charge in [-0.3, -0.25) is 0 Å². The van der Waals surface area contributed by atoms with Gasteiger partial charge >= 0.3 is 5.97 Å². The monoisotopic (exact) mass is 206 g/mol. The molecule has 0 saturated carbocycles. The number of hydrogen-bond donors (Lipinski definition) is 0. The van der Waals surface area contributed by atoms with Gasteiger partial charge in [-0.25, -0.2) is 4.79 Å². The Balaban J connectivity index is 2.50. The van der Waals surface area contributed by atoms with Gasteiger partial charge in [0.05, 0.1) is 12.2 Å². The van der Waals surface area contributed by atoms with Crippen molar-refractivity contribution in [3.8, 4) is 0 Å². The number of ether oxygens (including phenoxy) is 1. The molecule has 1 aromatic rings. The van der Waals surface area contributed by atoms with E-state index in [-0.39, 0.29) is 5.97 Å². The molecule has 0 aliphatic heterocycles. The number of carbonyl (C=O) groups excluding carboxylic acids is 1. The number of aryl methyl sites for hydroxylation is 1. The van der Waals surface area contributed by atoms with E-state index in [1.807, 2.05) is 19.1 Å². The first kappa shape index (κ1) is 11.8. The van der Waals surface area contributed by atoms with Crippen LogP contribution in [-0.4, -0.2) is 12.6 Å². The molecule has 82 valence electrons. The molecule has 0 radical (unpaired) electrons. The van der Waals surface area contributed by atoms with Gasteiger partial charge in [-0.05, 0) is 25.0 Å². The van der Waals surface area contributed by atoms with Gasteiger partial charge in [-0.1, -0.05) is 38.0 Å². The normalized spacial score (nSPS) is 12.2. The van der Waals surface area contributed by atoms with Crippen LogP contribution in [0.1, 0.15) is 36.2 Å². The molecule has 0 heterocycles. The van der Waals surface area contributed by atoms with Crippen LogP contribution in [0.2, 0.25) is 0 Å². The van der Waals surface area contributed by atoms with Crippen molar-refractivity contribution in [2.75, 3.05) is 6.61 Å². The van der Waals surface area contributed by atoms with Gasteiger partial charge in [-0.2, -0.15) is 0 Å². The largest absolute Gasteiger partial charge is 0.462 e. The summed E-state index contributed by atoms with van der Waals surface area (Å²) in [6, 6.07) is 7.43. The van der Waals surface area contributed by atoms with Crippen LogP contribution in [0, 0.1) is 12.8 Å². The highest BCUT2D eigenvalue weighted by molar-refractivity contribution is 5.89. The minimum atomic E-state index is -0.227. The average Bonchev–Trinajstić information content (AvgIpc) is 2.26. The van der Waals surface area contributed by atoms with Gasteiger partial charge in [0.25, 0.3) is 0 Å². The maximum atomic E-state index is 11.6. The molecule has 15 heavy (non-hydrogen) atoms. The first-order valence-corrected chi connectivity index (χ1v) is 5.37. The highest BCUT2D eigenvalue weighted by Crippen LogP contribution is 2.07. The van der Waals surface area contributed by atoms with Crippen LogP contribution >= 0.6 is 0 Å². The van der Waals surface area contributed by atoms with Crippen LogP contribution in [0.25, 0.3) is 0 Å². The molecule has 0 aliphatic rings. The molecule has 2 nitrogen and oxygen atoms in total. The highest BCUT2D eigenvalue weighted by Gasteiger charge is 2.08. The van der Waals surface area contributed by atoms with E-state index >= 15 is 0 Å². The van der Waals surface area contributed by atoms with Gasteiger partial charge in [0.2, 0.25) is 0 Å². The summed E-state index contributed by atoms with van der Waals surface area (Å²) in [6.45, 7) is 6.66. The van der Waals surface area contributed by atoms with E-state index in [9.17, 15) is 4.79 Å². The number of benzene rings is 1. The van der Waals surface area contributed by atoms with Gasteiger partial charge < -0.3 is 4.74 Å². The maximum Gasteiger partial charge on any atom is 0.338 e. The van der Waals surface area contributed by atoms with Crippen molar-refractivity contribution in [1.82, 2.24) is 0 Å². The van der Waals surface area contributed by atoms with E-state index in [0.29, 0.717) is 18.1 Å². The Bertz CT molecular complexity index is 314. The van der Waals surface area contributed by atoms with E-state index in [1.54, 1.807) is 12.1 Å². The lowest BCUT2D eigenvalue weighted by atomic mass is 10.1. The molecule has 0 saturated heterocycles. The van der Waals surface area contributed by atoms with Crippen molar-refractivity contribution in [2.24, 2.45) is 5.92 Å². The Morgan fingerprint density at radius 3 is 2.47 bits per heavy atom. The highest BCUT2D eigenvalue weighted by atomic mass is 16.5. The summed E-state index contributed by atoms with van der Waals surface area (Å²) in [5.74, 6) is 0.203. The number of carbonyl (C=O) groups is 1. The van der Waals surface area contributed by atoms with Crippen LogP contribution in [-0.2, 0) is 4.74 Å². The molecule has 1 rings (SSSR count). The molecule has 0 aliphatic carbocycles. The van der Waals surface area contributed by atoms with E-state index in [1.165, 1.54) is 0 Å². The summed E-state index contributed by atoms with van der Waals surface area (Å²) in [5.41, 5.74) is 1.78. The summed E-state index contributed by atoms with van der Waals surface area (Å²) in [4.78, 5) is 11.6. The molecule has 0 aromatic heterocycles. The number of rotatable bonds is 4. The summed E-state index contributed by atoms with van der Waals surface area (Å²) < 4.78 is 5.18.